The van der Waals surface area contributed by atoms with Crippen molar-refractivity contribution in [2.75, 3.05) is 24.5 Å². The van der Waals surface area contributed by atoms with Gasteiger partial charge in [0.1, 0.15) is 0 Å². The molecule has 1 fully saturated rings. The Morgan fingerprint density at radius 3 is 2.94 bits per heavy atom. The predicted molar refractivity (Wildman–Crippen MR) is 68.1 cm³/mol. The van der Waals surface area contributed by atoms with E-state index >= 15 is 0 Å². The average Bonchev–Trinajstić information content (AvgIpc) is 2.73. The number of piperidine rings is 1. The van der Waals surface area contributed by atoms with Gasteiger partial charge >= 0.3 is 0 Å². The average molecular weight is 237 g/mol. The third kappa shape index (κ3) is 1.96. The summed E-state index contributed by atoms with van der Waals surface area (Å²) in [6.45, 7) is 6.86. The minimum atomic E-state index is 0.896. The van der Waals surface area contributed by atoms with Crippen molar-refractivity contribution >= 4 is 16.5 Å². The molecule has 16 heavy (non-hydrogen) atoms. The van der Waals surface area contributed by atoms with Crippen molar-refractivity contribution in [3.8, 4) is 0 Å². The SMILES string of the molecule is CC1CCN(c2nc3c(s2)CNCC3)CC1. The fraction of sp³-hybridized carbons (Fsp3) is 0.750. The predicted octanol–water partition coefficient (Wildman–Crippen LogP) is 2.03. The Balaban J connectivity index is 1.76. The van der Waals surface area contributed by atoms with Crippen molar-refractivity contribution in [1.82, 2.24) is 10.3 Å². The van der Waals surface area contributed by atoms with Crippen molar-refractivity contribution in [2.24, 2.45) is 5.92 Å². The maximum absolute atomic E-state index is 4.80. The lowest BCUT2D eigenvalue weighted by atomic mass is 10.00. The Labute approximate surface area is 101 Å². The van der Waals surface area contributed by atoms with Crippen LogP contribution in [-0.4, -0.2) is 24.6 Å². The first-order chi connectivity index (χ1) is 7.83. The van der Waals surface area contributed by atoms with Crippen LogP contribution in [0.2, 0.25) is 0 Å². The van der Waals surface area contributed by atoms with E-state index in [1.54, 1.807) is 0 Å². The quantitative estimate of drug-likeness (QED) is 0.810. The summed E-state index contributed by atoms with van der Waals surface area (Å²) in [5, 5.41) is 4.68. The molecular formula is C12H19N3S. The van der Waals surface area contributed by atoms with Gasteiger partial charge in [-0.25, -0.2) is 4.98 Å². The number of nitrogens with zero attached hydrogens (tertiary/aromatic N) is 2. The van der Waals surface area contributed by atoms with E-state index in [0.29, 0.717) is 0 Å². The number of rotatable bonds is 1. The van der Waals surface area contributed by atoms with Crippen LogP contribution in [-0.2, 0) is 13.0 Å². The second-order valence-electron chi connectivity index (χ2n) is 4.96. The molecule has 0 amide bonds. The highest BCUT2D eigenvalue weighted by molar-refractivity contribution is 7.15. The van der Waals surface area contributed by atoms with Gasteiger partial charge in [-0.15, -0.1) is 11.3 Å². The Kier molecular flexibility index (Phi) is 2.86. The van der Waals surface area contributed by atoms with Crippen LogP contribution in [0, 0.1) is 5.92 Å². The van der Waals surface area contributed by atoms with Gasteiger partial charge < -0.3 is 10.2 Å². The Morgan fingerprint density at radius 1 is 1.38 bits per heavy atom. The van der Waals surface area contributed by atoms with Gasteiger partial charge in [0.2, 0.25) is 0 Å². The summed E-state index contributed by atoms with van der Waals surface area (Å²) in [5.41, 5.74) is 1.34. The van der Waals surface area contributed by atoms with Crippen molar-refractivity contribution < 1.29 is 0 Å². The molecule has 0 saturated carbocycles. The van der Waals surface area contributed by atoms with E-state index in [-0.39, 0.29) is 0 Å². The van der Waals surface area contributed by atoms with E-state index in [0.717, 1.165) is 25.4 Å². The van der Waals surface area contributed by atoms with Gasteiger partial charge in [-0.3, -0.25) is 0 Å². The molecule has 1 N–H and O–H groups in total. The zero-order valence-electron chi connectivity index (χ0n) is 9.83. The fourth-order valence-electron chi connectivity index (χ4n) is 2.45. The van der Waals surface area contributed by atoms with Crippen LogP contribution in [0.5, 0.6) is 0 Å². The van der Waals surface area contributed by atoms with Crippen molar-refractivity contribution in [1.29, 1.82) is 0 Å². The van der Waals surface area contributed by atoms with Crippen LogP contribution in [0.1, 0.15) is 30.3 Å². The molecule has 0 aliphatic carbocycles. The number of nitrogens with one attached hydrogen (secondary N) is 1. The molecule has 0 spiro atoms. The van der Waals surface area contributed by atoms with Crippen LogP contribution in [0.3, 0.4) is 0 Å². The number of hydrogen-bond acceptors (Lipinski definition) is 4. The molecule has 0 unspecified atom stereocenters. The zero-order valence-corrected chi connectivity index (χ0v) is 10.6. The first-order valence-corrected chi connectivity index (χ1v) is 7.09. The van der Waals surface area contributed by atoms with Crippen molar-refractivity contribution in [2.45, 2.75) is 32.7 Å². The molecule has 1 aromatic rings. The minimum Gasteiger partial charge on any atom is -0.348 e. The maximum Gasteiger partial charge on any atom is 0.185 e. The van der Waals surface area contributed by atoms with Gasteiger partial charge in [0.05, 0.1) is 5.69 Å². The smallest absolute Gasteiger partial charge is 0.185 e. The van der Waals surface area contributed by atoms with Crippen molar-refractivity contribution in [3.05, 3.63) is 10.6 Å². The Hall–Kier alpha value is -0.610. The molecule has 0 radical (unpaired) electrons. The molecule has 0 bridgehead atoms. The monoisotopic (exact) mass is 237 g/mol. The molecule has 1 saturated heterocycles. The minimum absolute atomic E-state index is 0.896. The van der Waals surface area contributed by atoms with Crippen molar-refractivity contribution in [3.63, 3.8) is 0 Å². The second-order valence-corrected chi connectivity index (χ2v) is 6.02. The number of anilines is 1. The molecule has 0 atom stereocenters. The highest BCUT2D eigenvalue weighted by Gasteiger charge is 2.21. The summed E-state index contributed by atoms with van der Waals surface area (Å²) >= 11 is 1.90. The molecule has 88 valence electrons. The first-order valence-electron chi connectivity index (χ1n) is 6.27. The fourth-order valence-corrected chi connectivity index (χ4v) is 3.57. The van der Waals surface area contributed by atoms with E-state index in [2.05, 4.69) is 17.1 Å². The molecular weight excluding hydrogens is 218 g/mol. The van der Waals surface area contributed by atoms with E-state index in [4.69, 9.17) is 4.98 Å². The van der Waals surface area contributed by atoms with Gasteiger partial charge in [-0.2, -0.15) is 0 Å². The molecule has 3 heterocycles. The molecule has 2 aliphatic heterocycles. The standard InChI is InChI=1S/C12H19N3S/c1-9-3-6-15(7-4-9)12-14-10-2-5-13-8-11(10)16-12/h9,13H,2-8H2,1H3. The summed E-state index contributed by atoms with van der Waals surface area (Å²) in [4.78, 5) is 8.74. The molecule has 2 aliphatic rings. The zero-order chi connectivity index (χ0) is 11.0. The third-order valence-corrected chi connectivity index (χ3v) is 4.80. The van der Waals surface area contributed by atoms with Gasteiger partial charge in [0, 0.05) is 37.5 Å². The molecule has 4 heteroatoms. The molecule has 1 aromatic heterocycles. The van der Waals surface area contributed by atoms with Gasteiger partial charge in [0.15, 0.2) is 5.13 Å². The summed E-state index contributed by atoms with van der Waals surface area (Å²) in [7, 11) is 0. The summed E-state index contributed by atoms with van der Waals surface area (Å²) < 4.78 is 0. The summed E-state index contributed by atoms with van der Waals surface area (Å²) in [6.07, 6.45) is 3.75. The Bertz CT molecular complexity index is 343. The van der Waals surface area contributed by atoms with Crippen LogP contribution in [0.15, 0.2) is 0 Å². The maximum atomic E-state index is 4.80. The highest BCUT2D eigenvalue weighted by Crippen LogP contribution is 2.30. The van der Waals surface area contributed by atoms with Gasteiger partial charge in [0.25, 0.3) is 0 Å². The lowest BCUT2D eigenvalue weighted by molar-refractivity contribution is 0.438. The van der Waals surface area contributed by atoms with Gasteiger partial charge in [-0.1, -0.05) is 6.92 Å². The topological polar surface area (TPSA) is 28.2 Å². The second kappa shape index (κ2) is 4.34. The number of thiazole rings is 1. The first kappa shape index (κ1) is 10.5. The van der Waals surface area contributed by atoms with E-state index in [1.165, 1.54) is 41.6 Å². The van der Waals surface area contributed by atoms with E-state index in [9.17, 15) is 0 Å². The summed E-state index contributed by atoms with van der Waals surface area (Å²) in [6, 6.07) is 0. The third-order valence-electron chi connectivity index (χ3n) is 3.65. The van der Waals surface area contributed by atoms with Gasteiger partial charge in [-0.05, 0) is 18.8 Å². The van der Waals surface area contributed by atoms with Crippen LogP contribution >= 0.6 is 11.3 Å². The molecule has 3 nitrogen and oxygen atoms in total. The number of fused-ring (bicyclic) bond motifs is 1. The largest absolute Gasteiger partial charge is 0.348 e. The summed E-state index contributed by atoms with van der Waals surface area (Å²) in [5.74, 6) is 0.896. The van der Waals surface area contributed by atoms with E-state index in [1.807, 2.05) is 11.3 Å². The lowest BCUT2D eigenvalue weighted by Gasteiger charge is -2.29. The Morgan fingerprint density at radius 2 is 2.19 bits per heavy atom. The molecule has 3 rings (SSSR count). The van der Waals surface area contributed by atoms with Crippen LogP contribution < -0.4 is 10.2 Å². The van der Waals surface area contributed by atoms with Crippen LogP contribution in [0.4, 0.5) is 5.13 Å². The number of aromatic nitrogens is 1. The van der Waals surface area contributed by atoms with Crippen LogP contribution in [0.25, 0.3) is 0 Å². The highest BCUT2D eigenvalue weighted by atomic mass is 32.1. The lowest BCUT2D eigenvalue weighted by Crippen LogP contribution is -2.32. The van der Waals surface area contributed by atoms with E-state index < -0.39 is 0 Å². The molecule has 0 aromatic carbocycles. The normalized spacial score (nSPS) is 22.2. The number of hydrogen-bond donors (Lipinski definition) is 1.